The van der Waals surface area contributed by atoms with Gasteiger partial charge in [0.05, 0.1) is 16.9 Å². The number of para-hydroxylation sites is 2. The first-order valence-electron chi connectivity index (χ1n) is 12.0. The van der Waals surface area contributed by atoms with Gasteiger partial charge in [-0.05, 0) is 48.1 Å². The van der Waals surface area contributed by atoms with Crippen molar-refractivity contribution in [3.63, 3.8) is 0 Å². The molecule has 3 aromatic heterocycles. The van der Waals surface area contributed by atoms with Crippen LogP contribution in [0, 0.1) is 0 Å². The summed E-state index contributed by atoms with van der Waals surface area (Å²) in [6.45, 7) is 12.9. The third kappa shape index (κ3) is 7.51. The SMILES string of the molecule is C.C.CC(C)c1ccccn1.CC(C)c1nn(C)c2ccccc12.CC(C)c1noc2ccccc12. The summed E-state index contributed by atoms with van der Waals surface area (Å²) in [4.78, 5) is 4.18. The monoisotopic (exact) mass is 488 g/mol. The van der Waals surface area contributed by atoms with Crippen molar-refractivity contribution in [2.45, 2.75) is 74.1 Å². The van der Waals surface area contributed by atoms with Crippen molar-refractivity contribution < 1.29 is 4.52 Å². The van der Waals surface area contributed by atoms with E-state index < -0.39 is 0 Å². The van der Waals surface area contributed by atoms with Crippen LogP contribution in [0.1, 0.15) is 91.2 Å². The largest absolute Gasteiger partial charge is 0.356 e. The molecule has 0 aliphatic carbocycles. The third-order valence-electron chi connectivity index (χ3n) is 5.56. The van der Waals surface area contributed by atoms with E-state index in [-0.39, 0.29) is 14.9 Å². The Morgan fingerprint density at radius 2 is 1.25 bits per heavy atom. The lowest BCUT2D eigenvalue weighted by Gasteiger charge is -2.00. The van der Waals surface area contributed by atoms with E-state index in [0.29, 0.717) is 17.8 Å². The fraction of sp³-hybridized carbons (Fsp3) is 0.387. The zero-order valence-electron chi connectivity index (χ0n) is 21.4. The molecular formula is C31H44N4O. The van der Waals surface area contributed by atoms with Crippen LogP contribution in [-0.4, -0.2) is 19.9 Å². The Hall–Kier alpha value is -3.47. The van der Waals surface area contributed by atoms with Gasteiger partial charge in [-0.15, -0.1) is 0 Å². The molecule has 0 saturated heterocycles. The fourth-order valence-corrected chi connectivity index (χ4v) is 3.71. The lowest BCUT2D eigenvalue weighted by Crippen LogP contribution is -1.92. The van der Waals surface area contributed by atoms with E-state index >= 15 is 0 Å². The summed E-state index contributed by atoms with van der Waals surface area (Å²) in [7, 11) is 1.99. The highest BCUT2D eigenvalue weighted by Gasteiger charge is 2.10. The van der Waals surface area contributed by atoms with Gasteiger partial charge in [0.25, 0.3) is 0 Å². The Morgan fingerprint density at radius 3 is 1.81 bits per heavy atom. The van der Waals surface area contributed by atoms with Crippen LogP contribution in [0.25, 0.3) is 21.9 Å². The predicted molar refractivity (Wildman–Crippen MR) is 155 cm³/mol. The van der Waals surface area contributed by atoms with Crippen molar-refractivity contribution in [2.75, 3.05) is 0 Å². The molecule has 0 radical (unpaired) electrons. The predicted octanol–water partition coefficient (Wildman–Crippen LogP) is 9.13. The van der Waals surface area contributed by atoms with Gasteiger partial charge < -0.3 is 4.52 Å². The summed E-state index contributed by atoms with van der Waals surface area (Å²) in [6.07, 6.45) is 1.83. The molecular weight excluding hydrogens is 444 g/mol. The molecule has 0 spiro atoms. The molecule has 0 unspecified atom stereocenters. The molecule has 194 valence electrons. The second kappa shape index (κ2) is 14.2. The smallest absolute Gasteiger partial charge is 0.167 e. The van der Waals surface area contributed by atoms with Gasteiger partial charge >= 0.3 is 0 Å². The molecule has 0 N–H and O–H groups in total. The number of aromatic nitrogens is 4. The van der Waals surface area contributed by atoms with Crippen molar-refractivity contribution in [1.82, 2.24) is 19.9 Å². The molecule has 5 nitrogen and oxygen atoms in total. The first-order chi connectivity index (χ1) is 16.3. The Labute approximate surface area is 217 Å². The van der Waals surface area contributed by atoms with Crippen LogP contribution in [0.15, 0.2) is 77.4 Å². The zero-order chi connectivity index (χ0) is 24.7. The van der Waals surface area contributed by atoms with Crippen LogP contribution < -0.4 is 0 Å². The van der Waals surface area contributed by atoms with E-state index in [1.807, 2.05) is 66.5 Å². The normalized spacial score (nSPS) is 10.4. The number of pyridine rings is 1. The summed E-state index contributed by atoms with van der Waals surface area (Å²) < 4.78 is 7.11. The third-order valence-corrected chi connectivity index (χ3v) is 5.56. The summed E-state index contributed by atoms with van der Waals surface area (Å²) in [6, 6.07) is 22.3. The first-order valence-corrected chi connectivity index (χ1v) is 12.0. The lowest BCUT2D eigenvalue weighted by atomic mass is 10.1. The maximum Gasteiger partial charge on any atom is 0.167 e. The van der Waals surface area contributed by atoms with E-state index in [0.717, 1.165) is 22.4 Å². The van der Waals surface area contributed by atoms with Crippen LogP contribution in [0.5, 0.6) is 0 Å². The molecule has 5 heteroatoms. The van der Waals surface area contributed by atoms with Crippen molar-refractivity contribution >= 4 is 21.9 Å². The first kappa shape index (κ1) is 30.6. The van der Waals surface area contributed by atoms with E-state index in [2.05, 4.69) is 75.0 Å². The molecule has 5 rings (SSSR count). The summed E-state index contributed by atoms with van der Waals surface area (Å²) in [5, 5.41) is 10.9. The Kier molecular flexibility index (Phi) is 12.0. The van der Waals surface area contributed by atoms with Crippen molar-refractivity contribution in [1.29, 1.82) is 0 Å². The van der Waals surface area contributed by atoms with Gasteiger partial charge in [-0.2, -0.15) is 5.10 Å². The summed E-state index contributed by atoms with van der Waals surface area (Å²) >= 11 is 0. The highest BCUT2D eigenvalue weighted by Crippen LogP contribution is 2.24. The number of hydrogen-bond donors (Lipinski definition) is 0. The Bertz CT molecular complexity index is 1300. The van der Waals surface area contributed by atoms with E-state index in [1.165, 1.54) is 16.6 Å². The van der Waals surface area contributed by atoms with E-state index in [1.54, 1.807) is 0 Å². The van der Waals surface area contributed by atoms with Gasteiger partial charge in [-0.1, -0.05) is 98.0 Å². The molecule has 5 aromatic rings. The van der Waals surface area contributed by atoms with E-state index in [4.69, 9.17) is 4.52 Å². The topological polar surface area (TPSA) is 56.7 Å². The van der Waals surface area contributed by atoms with Crippen LogP contribution in [0.2, 0.25) is 0 Å². The number of nitrogens with zero attached hydrogens (tertiary/aromatic N) is 4. The molecule has 0 aliphatic rings. The molecule has 0 aliphatic heterocycles. The number of fused-ring (bicyclic) bond motifs is 2. The second-order valence-electron chi connectivity index (χ2n) is 9.31. The lowest BCUT2D eigenvalue weighted by molar-refractivity contribution is 0.441. The number of rotatable bonds is 3. The maximum atomic E-state index is 5.16. The molecule has 2 aromatic carbocycles. The highest BCUT2D eigenvalue weighted by molar-refractivity contribution is 5.82. The number of hydrogen-bond acceptors (Lipinski definition) is 4. The minimum atomic E-state index is 0. The molecule has 0 fully saturated rings. The Balaban J connectivity index is 0.000000267. The quantitative estimate of drug-likeness (QED) is 0.254. The van der Waals surface area contributed by atoms with Gasteiger partial charge in [0, 0.05) is 29.7 Å². The average molecular weight is 489 g/mol. The van der Waals surface area contributed by atoms with Crippen LogP contribution in [0.3, 0.4) is 0 Å². The van der Waals surface area contributed by atoms with Crippen molar-refractivity contribution in [2.24, 2.45) is 7.05 Å². The molecule has 0 atom stereocenters. The highest BCUT2D eigenvalue weighted by atomic mass is 16.5. The van der Waals surface area contributed by atoms with Gasteiger partial charge in [0.15, 0.2) is 5.58 Å². The van der Waals surface area contributed by atoms with Crippen LogP contribution in [-0.2, 0) is 7.05 Å². The molecule has 0 bridgehead atoms. The standard InChI is InChI=1S/C11H14N2.C10H11NO.C8H11N.2CH4/c1-8(2)11-9-6-4-5-7-10(9)13(3)12-11;1-7(2)10-8-5-3-4-6-9(8)12-11-10;1-7(2)8-5-3-4-6-9-8;;/h4-8H,1-3H3;3-7H,1-2H3;3-7H,1-2H3;2*1H4. The minimum Gasteiger partial charge on any atom is -0.356 e. The second-order valence-corrected chi connectivity index (χ2v) is 9.31. The van der Waals surface area contributed by atoms with Gasteiger partial charge in [0.2, 0.25) is 0 Å². The molecule has 36 heavy (non-hydrogen) atoms. The summed E-state index contributed by atoms with van der Waals surface area (Å²) in [5.74, 6) is 1.46. The van der Waals surface area contributed by atoms with Crippen molar-refractivity contribution in [3.05, 3.63) is 90.0 Å². The van der Waals surface area contributed by atoms with E-state index in [9.17, 15) is 0 Å². The minimum absolute atomic E-state index is 0. The Morgan fingerprint density at radius 1 is 0.667 bits per heavy atom. The van der Waals surface area contributed by atoms with Crippen molar-refractivity contribution in [3.8, 4) is 0 Å². The maximum absolute atomic E-state index is 5.16. The van der Waals surface area contributed by atoms with Gasteiger partial charge in [-0.3, -0.25) is 9.67 Å². The molecule has 0 saturated carbocycles. The summed E-state index contributed by atoms with van der Waals surface area (Å²) in [5.41, 5.74) is 5.49. The van der Waals surface area contributed by atoms with Gasteiger partial charge in [0.1, 0.15) is 0 Å². The number of benzene rings is 2. The zero-order valence-corrected chi connectivity index (χ0v) is 21.4. The average Bonchev–Trinajstić information content (AvgIpc) is 3.42. The van der Waals surface area contributed by atoms with Crippen LogP contribution >= 0.6 is 0 Å². The molecule has 3 heterocycles. The van der Waals surface area contributed by atoms with Crippen LogP contribution in [0.4, 0.5) is 0 Å². The molecule has 0 amide bonds. The van der Waals surface area contributed by atoms with Gasteiger partial charge in [-0.25, -0.2) is 0 Å². The number of aryl methyl sites for hydroxylation is 1. The fourth-order valence-electron chi connectivity index (χ4n) is 3.71.